The van der Waals surface area contributed by atoms with Crippen molar-refractivity contribution in [1.82, 2.24) is 19.3 Å². The van der Waals surface area contributed by atoms with Gasteiger partial charge in [0, 0.05) is 6.07 Å². The Kier molecular flexibility index (Phi) is 4.28. The first kappa shape index (κ1) is 16.5. The highest BCUT2D eigenvalue weighted by Crippen LogP contribution is 2.31. The number of nitrogens with zero attached hydrogens (tertiary/aromatic N) is 4. The van der Waals surface area contributed by atoms with Gasteiger partial charge in [-0.3, -0.25) is 14.2 Å². The van der Waals surface area contributed by atoms with Crippen LogP contribution in [0.1, 0.15) is 44.7 Å². The largest absolute Gasteiger partial charge is 0.309 e. The molecule has 1 amide bonds. The smallest absolute Gasteiger partial charge is 0.261 e. The number of hydrogen-bond donors (Lipinski definition) is 1. The number of fused-ring (bicyclic) bond motifs is 1. The van der Waals surface area contributed by atoms with Gasteiger partial charge >= 0.3 is 0 Å². The number of carbonyl (C=O) groups excluding carboxylic acids is 1. The van der Waals surface area contributed by atoms with E-state index in [4.69, 9.17) is 0 Å². The third-order valence-electron chi connectivity index (χ3n) is 5.08. The molecule has 0 saturated heterocycles. The summed E-state index contributed by atoms with van der Waals surface area (Å²) in [4.78, 5) is 29.7. The van der Waals surface area contributed by atoms with Crippen LogP contribution in [0.3, 0.4) is 0 Å². The summed E-state index contributed by atoms with van der Waals surface area (Å²) in [5.41, 5.74) is 0.406. The van der Waals surface area contributed by atoms with Crippen LogP contribution in [0.4, 0.5) is 5.82 Å². The lowest BCUT2D eigenvalue weighted by atomic mass is 10.2. The van der Waals surface area contributed by atoms with Gasteiger partial charge in [-0.2, -0.15) is 5.10 Å². The van der Waals surface area contributed by atoms with Crippen LogP contribution >= 0.6 is 0 Å². The molecule has 4 rings (SSSR count). The lowest BCUT2D eigenvalue weighted by Crippen LogP contribution is -2.32. The maximum absolute atomic E-state index is 12.7. The number of anilines is 1. The van der Waals surface area contributed by atoms with E-state index in [0.717, 1.165) is 12.8 Å². The molecule has 134 valence electrons. The van der Waals surface area contributed by atoms with Crippen LogP contribution in [-0.4, -0.2) is 25.2 Å². The number of nitrogens with one attached hydrogen (secondary N) is 1. The van der Waals surface area contributed by atoms with Gasteiger partial charge in [-0.15, -0.1) is 0 Å². The van der Waals surface area contributed by atoms with Crippen LogP contribution in [0.2, 0.25) is 0 Å². The molecule has 7 heteroatoms. The minimum Gasteiger partial charge on any atom is -0.309 e. The molecule has 1 aromatic carbocycles. The van der Waals surface area contributed by atoms with Gasteiger partial charge in [0.25, 0.3) is 5.56 Å². The molecule has 7 nitrogen and oxygen atoms in total. The van der Waals surface area contributed by atoms with Crippen molar-refractivity contribution < 1.29 is 4.79 Å². The van der Waals surface area contributed by atoms with E-state index in [0.29, 0.717) is 22.8 Å². The number of hydrogen-bond acceptors (Lipinski definition) is 4. The van der Waals surface area contributed by atoms with Crippen LogP contribution in [0, 0.1) is 0 Å². The molecule has 1 aliphatic rings. The predicted octanol–water partition coefficient (Wildman–Crippen LogP) is 2.91. The van der Waals surface area contributed by atoms with Gasteiger partial charge in [-0.1, -0.05) is 25.0 Å². The summed E-state index contributed by atoms with van der Waals surface area (Å²) in [7, 11) is 0. The molecule has 0 bridgehead atoms. The number of aromatic nitrogens is 4. The van der Waals surface area contributed by atoms with Gasteiger partial charge < -0.3 is 5.32 Å². The standard InChI is InChI=1S/C19H21N5O2/c1-13(23-12-20-16-9-5-4-8-15(16)19(23)26)18(25)22-17-10-11-21-24(17)14-6-2-3-7-14/h4-5,8-14H,2-3,6-7H2,1H3,(H,22,25). The van der Waals surface area contributed by atoms with E-state index >= 15 is 0 Å². The fourth-order valence-electron chi connectivity index (χ4n) is 3.57. The Hall–Kier alpha value is -2.96. The van der Waals surface area contributed by atoms with E-state index in [1.165, 1.54) is 23.7 Å². The zero-order valence-electron chi connectivity index (χ0n) is 14.6. The molecule has 2 aromatic heterocycles. The second kappa shape index (κ2) is 6.74. The maximum atomic E-state index is 12.7. The third-order valence-corrected chi connectivity index (χ3v) is 5.08. The molecular weight excluding hydrogens is 330 g/mol. The lowest BCUT2D eigenvalue weighted by Gasteiger charge is -2.18. The van der Waals surface area contributed by atoms with Gasteiger partial charge in [0.05, 0.1) is 29.5 Å². The fraction of sp³-hybridized carbons (Fsp3) is 0.368. The van der Waals surface area contributed by atoms with Crippen molar-refractivity contribution in [3.63, 3.8) is 0 Å². The highest BCUT2D eigenvalue weighted by Gasteiger charge is 2.23. The van der Waals surface area contributed by atoms with Crippen molar-refractivity contribution >= 4 is 22.6 Å². The van der Waals surface area contributed by atoms with E-state index in [2.05, 4.69) is 15.4 Å². The Balaban J connectivity index is 1.58. The maximum Gasteiger partial charge on any atom is 0.261 e. The molecule has 3 aromatic rings. The second-order valence-electron chi connectivity index (χ2n) is 6.74. The molecule has 0 radical (unpaired) electrons. The molecule has 1 fully saturated rings. The number of amides is 1. The first-order valence-corrected chi connectivity index (χ1v) is 8.95. The van der Waals surface area contributed by atoms with Crippen molar-refractivity contribution in [2.75, 3.05) is 5.32 Å². The topological polar surface area (TPSA) is 81.8 Å². The summed E-state index contributed by atoms with van der Waals surface area (Å²) < 4.78 is 3.26. The van der Waals surface area contributed by atoms with E-state index in [-0.39, 0.29) is 11.5 Å². The molecule has 2 heterocycles. The van der Waals surface area contributed by atoms with Gasteiger partial charge in [-0.25, -0.2) is 9.67 Å². The molecular formula is C19H21N5O2. The fourth-order valence-corrected chi connectivity index (χ4v) is 3.57. The zero-order valence-corrected chi connectivity index (χ0v) is 14.6. The zero-order chi connectivity index (χ0) is 18.1. The SMILES string of the molecule is CC(C(=O)Nc1ccnn1C1CCCC1)n1cnc2ccccc2c1=O. The van der Waals surface area contributed by atoms with Gasteiger partial charge in [0.2, 0.25) is 5.91 Å². The Bertz CT molecular complexity index is 1000. The summed E-state index contributed by atoms with van der Waals surface area (Å²) >= 11 is 0. The first-order chi connectivity index (χ1) is 12.6. The summed E-state index contributed by atoms with van der Waals surface area (Å²) in [6, 6.07) is 8.59. The van der Waals surface area contributed by atoms with Crippen LogP contribution in [0.25, 0.3) is 10.9 Å². The average molecular weight is 351 g/mol. The highest BCUT2D eigenvalue weighted by molar-refractivity contribution is 5.93. The molecule has 1 aliphatic carbocycles. The molecule has 1 N–H and O–H groups in total. The molecule has 1 atom stereocenters. The van der Waals surface area contributed by atoms with Crippen molar-refractivity contribution in [2.24, 2.45) is 0 Å². The Morgan fingerprint density at radius 2 is 2.00 bits per heavy atom. The summed E-state index contributed by atoms with van der Waals surface area (Å²) in [6.45, 7) is 1.70. The lowest BCUT2D eigenvalue weighted by molar-refractivity contribution is -0.118. The number of benzene rings is 1. The summed E-state index contributed by atoms with van der Waals surface area (Å²) in [5, 5.41) is 7.78. The van der Waals surface area contributed by atoms with Crippen LogP contribution in [-0.2, 0) is 4.79 Å². The Labute approximate surface area is 150 Å². The molecule has 26 heavy (non-hydrogen) atoms. The third kappa shape index (κ3) is 2.89. The Morgan fingerprint density at radius 3 is 2.81 bits per heavy atom. The van der Waals surface area contributed by atoms with E-state index < -0.39 is 6.04 Å². The van der Waals surface area contributed by atoms with Crippen molar-refractivity contribution in [3.8, 4) is 0 Å². The van der Waals surface area contributed by atoms with Crippen LogP contribution in [0.5, 0.6) is 0 Å². The van der Waals surface area contributed by atoms with E-state index in [9.17, 15) is 9.59 Å². The number of carbonyl (C=O) groups is 1. The average Bonchev–Trinajstić information content (AvgIpc) is 3.33. The summed E-state index contributed by atoms with van der Waals surface area (Å²) in [5.74, 6) is 0.416. The molecule has 1 saturated carbocycles. The Morgan fingerprint density at radius 1 is 1.23 bits per heavy atom. The minimum absolute atomic E-state index is 0.220. The van der Waals surface area contributed by atoms with Crippen molar-refractivity contribution in [2.45, 2.75) is 44.7 Å². The predicted molar refractivity (Wildman–Crippen MR) is 99.1 cm³/mol. The second-order valence-corrected chi connectivity index (χ2v) is 6.74. The number of para-hydroxylation sites is 1. The monoisotopic (exact) mass is 351 g/mol. The van der Waals surface area contributed by atoms with Crippen molar-refractivity contribution in [3.05, 3.63) is 53.2 Å². The van der Waals surface area contributed by atoms with Gasteiger partial charge in [0.15, 0.2) is 0 Å². The highest BCUT2D eigenvalue weighted by atomic mass is 16.2. The van der Waals surface area contributed by atoms with Gasteiger partial charge in [-0.05, 0) is 31.9 Å². The molecule has 0 spiro atoms. The van der Waals surface area contributed by atoms with Gasteiger partial charge in [0.1, 0.15) is 11.9 Å². The minimum atomic E-state index is -0.675. The van der Waals surface area contributed by atoms with E-state index in [1.807, 2.05) is 10.7 Å². The molecule has 0 aliphatic heterocycles. The quantitative estimate of drug-likeness (QED) is 0.783. The molecule has 1 unspecified atom stereocenters. The van der Waals surface area contributed by atoms with E-state index in [1.54, 1.807) is 37.4 Å². The summed E-state index contributed by atoms with van der Waals surface area (Å²) in [6.07, 6.45) is 7.66. The van der Waals surface area contributed by atoms with Crippen LogP contribution < -0.4 is 10.9 Å². The normalized spacial score (nSPS) is 16.0. The van der Waals surface area contributed by atoms with Crippen molar-refractivity contribution in [1.29, 1.82) is 0 Å². The number of rotatable bonds is 4. The first-order valence-electron chi connectivity index (χ1n) is 8.95. The van der Waals surface area contributed by atoms with Crippen LogP contribution in [0.15, 0.2) is 47.7 Å².